The fraction of sp³-hybridized carbons (Fsp3) is 0.480. The average Bonchev–Trinajstić information content (AvgIpc) is 2.72. The second kappa shape index (κ2) is 11.7. The third-order valence-electron chi connectivity index (χ3n) is 4.88. The van der Waals surface area contributed by atoms with E-state index in [0.717, 1.165) is 17.7 Å². The SMILES string of the molecule is CCCN(CC(=O)Nc1ccccc1OC)CC(O)COc1ccccc1C(C)(C)C. The van der Waals surface area contributed by atoms with Crippen LogP contribution in [-0.4, -0.2) is 55.4 Å². The summed E-state index contributed by atoms with van der Waals surface area (Å²) in [5.41, 5.74) is 1.68. The lowest BCUT2D eigenvalue weighted by molar-refractivity contribution is -0.117. The zero-order chi connectivity index (χ0) is 22.9. The van der Waals surface area contributed by atoms with Crippen molar-refractivity contribution in [3.63, 3.8) is 0 Å². The van der Waals surface area contributed by atoms with E-state index < -0.39 is 6.10 Å². The summed E-state index contributed by atoms with van der Waals surface area (Å²) >= 11 is 0. The number of methoxy groups -OCH3 is 1. The van der Waals surface area contributed by atoms with Crippen LogP contribution in [0.3, 0.4) is 0 Å². The van der Waals surface area contributed by atoms with Crippen LogP contribution >= 0.6 is 0 Å². The minimum atomic E-state index is -0.710. The number of hydrogen-bond acceptors (Lipinski definition) is 5. The van der Waals surface area contributed by atoms with Crippen molar-refractivity contribution in [3.8, 4) is 11.5 Å². The monoisotopic (exact) mass is 428 g/mol. The molecule has 2 aromatic carbocycles. The van der Waals surface area contributed by atoms with Gasteiger partial charge in [0, 0.05) is 6.54 Å². The summed E-state index contributed by atoms with van der Waals surface area (Å²) in [5.74, 6) is 1.25. The van der Waals surface area contributed by atoms with Crippen molar-refractivity contribution in [1.82, 2.24) is 4.90 Å². The van der Waals surface area contributed by atoms with E-state index in [1.165, 1.54) is 0 Å². The number of ether oxygens (including phenoxy) is 2. The molecule has 2 aromatic rings. The number of rotatable bonds is 11. The molecular weight excluding hydrogens is 392 g/mol. The number of benzene rings is 2. The average molecular weight is 429 g/mol. The summed E-state index contributed by atoms with van der Waals surface area (Å²) in [6.07, 6.45) is 0.168. The maximum absolute atomic E-state index is 12.6. The van der Waals surface area contributed by atoms with Crippen LogP contribution in [0, 0.1) is 0 Å². The van der Waals surface area contributed by atoms with Crippen molar-refractivity contribution >= 4 is 11.6 Å². The highest BCUT2D eigenvalue weighted by molar-refractivity contribution is 5.93. The van der Waals surface area contributed by atoms with E-state index in [9.17, 15) is 9.90 Å². The Balaban J connectivity index is 1.93. The molecule has 1 unspecified atom stereocenters. The summed E-state index contributed by atoms with van der Waals surface area (Å²) in [4.78, 5) is 14.5. The molecule has 0 heterocycles. The molecule has 1 amide bonds. The van der Waals surface area contributed by atoms with Crippen LogP contribution in [0.15, 0.2) is 48.5 Å². The summed E-state index contributed by atoms with van der Waals surface area (Å²) in [5, 5.41) is 13.5. The normalized spacial score (nSPS) is 12.5. The zero-order valence-electron chi connectivity index (χ0n) is 19.4. The third-order valence-corrected chi connectivity index (χ3v) is 4.88. The van der Waals surface area contributed by atoms with Gasteiger partial charge in [-0.1, -0.05) is 58.0 Å². The first-order valence-corrected chi connectivity index (χ1v) is 10.8. The maximum atomic E-state index is 12.6. The first kappa shape index (κ1) is 24.7. The van der Waals surface area contributed by atoms with Gasteiger partial charge in [0.15, 0.2) is 0 Å². The first-order valence-electron chi connectivity index (χ1n) is 10.8. The summed E-state index contributed by atoms with van der Waals surface area (Å²) in [7, 11) is 1.57. The molecule has 1 atom stereocenters. The molecule has 0 aromatic heterocycles. The van der Waals surface area contributed by atoms with E-state index in [1.54, 1.807) is 19.2 Å². The largest absolute Gasteiger partial charge is 0.495 e. The van der Waals surface area contributed by atoms with Crippen molar-refractivity contribution < 1.29 is 19.4 Å². The Kier molecular flexibility index (Phi) is 9.34. The second-order valence-electron chi connectivity index (χ2n) is 8.69. The highest BCUT2D eigenvalue weighted by Crippen LogP contribution is 2.31. The topological polar surface area (TPSA) is 71.0 Å². The van der Waals surface area contributed by atoms with Gasteiger partial charge < -0.3 is 19.9 Å². The van der Waals surface area contributed by atoms with Gasteiger partial charge in [0.25, 0.3) is 0 Å². The summed E-state index contributed by atoms with van der Waals surface area (Å²) in [6, 6.07) is 15.2. The molecule has 0 radical (unpaired) electrons. The molecule has 0 aliphatic rings. The molecule has 6 nitrogen and oxygen atoms in total. The number of hydrogen-bond donors (Lipinski definition) is 2. The second-order valence-corrected chi connectivity index (χ2v) is 8.69. The Labute approximate surface area is 186 Å². The molecule has 170 valence electrons. The smallest absolute Gasteiger partial charge is 0.238 e. The fourth-order valence-corrected chi connectivity index (χ4v) is 3.44. The molecule has 2 N–H and O–H groups in total. The Bertz CT molecular complexity index is 832. The Hall–Kier alpha value is -2.57. The van der Waals surface area contributed by atoms with Gasteiger partial charge in [-0.2, -0.15) is 0 Å². The van der Waals surface area contributed by atoms with Crippen LogP contribution in [0.2, 0.25) is 0 Å². The molecule has 2 rings (SSSR count). The summed E-state index contributed by atoms with van der Waals surface area (Å²) < 4.78 is 11.2. The molecule has 0 spiro atoms. The Morgan fingerprint density at radius 3 is 2.39 bits per heavy atom. The Morgan fingerprint density at radius 1 is 1.10 bits per heavy atom. The highest BCUT2D eigenvalue weighted by atomic mass is 16.5. The first-order chi connectivity index (χ1) is 14.7. The van der Waals surface area contributed by atoms with Crippen molar-refractivity contribution in [2.75, 3.05) is 38.7 Å². The number of amides is 1. The van der Waals surface area contributed by atoms with Crippen LogP contribution in [0.25, 0.3) is 0 Å². The summed E-state index contributed by atoms with van der Waals surface area (Å²) in [6.45, 7) is 9.86. The van der Waals surface area contributed by atoms with Gasteiger partial charge >= 0.3 is 0 Å². The number of carbonyl (C=O) groups excluding carboxylic acids is 1. The molecule has 0 bridgehead atoms. The standard InChI is InChI=1S/C25H36N2O4/c1-6-15-27(17-24(29)26-21-12-8-10-14-23(21)30-5)16-19(28)18-31-22-13-9-7-11-20(22)25(2,3)4/h7-14,19,28H,6,15-18H2,1-5H3,(H,26,29). The number of carbonyl (C=O) groups is 1. The molecule has 0 saturated heterocycles. The minimum Gasteiger partial charge on any atom is -0.495 e. The number of anilines is 1. The van der Waals surface area contributed by atoms with Crippen LogP contribution in [0.4, 0.5) is 5.69 Å². The van der Waals surface area contributed by atoms with E-state index in [2.05, 4.69) is 26.1 Å². The van der Waals surface area contributed by atoms with Gasteiger partial charge in [-0.25, -0.2) is 0 Å². The van der Waals surface area contributed by atoms with Crippen LogP contribution in [0.1, 0.15) is 39.7 Å². The van der Waals surface area contributed by atoms with E-state index in [1.807, 2.05) is 48.2 Å². The van der Waals surface area contributed by atoms with E-state index in [4.69, 9.17) is 9.47 Å². The minimum absolute atomic E-state index is 0.0492. The van der Waals surface area contributed by atoms with Gasteiger partial charge in [0.05, 0.1) is 19.3 Å². The quantitative estimate of drug-likeness (QED) is 0.564. The van der Waals surface area contributed by atoms with Gasteiger partial charge in [0.1, 0.15) is 24.2 Å². The molecular formula is C25H36N2O4. The molecule has 0 saturated carbocycles. The van der Waals surface area contributed by atoms with Crippen molar-refractivity contribution in [2.45, 2.75) is 45.6 Å². The van der Waals surface area contributed by atoms with E-state index in [-0.39, 0.29) is 24.5 Å². The number of aliphatic hydroxyl groups excluding tert-OH is 1. The van der Waals surface area contributed by atoms with Crippen molar-refractivity contribution in [1.29, 1.82) is 0 Å². The Morgan fingerprint density at radius 2 is 1.74 bits per heavy atom. The number of aliphatic hydroxyl groups is 1. The van der Waals surface area contributed by atoms with Crippen LogP contribution in [-0.2, 0) is 10.2 Å². The predicted octanol–water partition coefficient (Wildman–Crippen LogP) is 4.08. The fourth-order valence-electron chi connectivity index (χ4n) is 3.44. The van der Waals surface area contributed by atoms with Gasteiger partial charge in [0.2, 0.25) is 5.91 Å². The van der Waals surface area contributed by atoms with Crippen molar-refractivity contribution in [2.24, 2.45) is 0 Å². The lowest BCUT2D eigenvalue weighted by Gasteiger charge is -2.26. The highest BCUT2D eigenvalue weighted by Gasteiger charge is 2.20. The molecule has 0 aliphatic carbocycles. The maximum Gasteiger partial charge on any atom is 0.238 e. The van der Waals surface area contributed by atoms with Gasteiger partial charge in [-0.05, 0) is 42.1 Å². The molecule has 0 aliphatic heterocycles. The number of para-hydroxylation sites is 3. The lowest BCUT2D eigenvalue weighted by Crippen LogP contribution is -2.40. The number of nitrogens with one attached hydrogen (secondary N) is 1. The predicted molar refractivity (Wildman–Crippen MR) is 125 cm³/mol. The number of nitrogens with zero attached hydrogens (tertiary/aromatic N) is 1. The zero-order valence-corrected chi connectivity index (χ0v) is 19.4. The molecule has 31 heavy (non-hydrogen) atoms. The van der Waals surface area contributed by atoms with Crippen LogP contribution in [0.5, 0.6) is 11.5 Å². The molecule has 6 heteroatoms. The van der Waals surface area contributed by atoms with Gasteiger partial charge in [-0.3, -0.25) is 9.69 Å². The third kappa shape index (κ3) is 7.89. The van der Waals surface area contributed by atoms with Crippen molar-refractivity contribution in [3.05, 3.63) is 54.1 Å². The van der Waals surface area contributed by atoms with E-state index >= 15 is 0 Å². The molecule has 0 fully saturated rings. The van der Waals surface area contributed by atoms with Crippen LogP contribution < -0.4 is 14.8 Å². The van der Waals surface area contributed by atoms with Gasteiger partial charge in [-0.15, -0.1) is 0 Å². The van der Waals surface area contributed by atoms with E-state index in [0.29, 0.717) is 24.5 Å². The lowest BCUT2D eigenvalue weighted by atomic mass is 9.86.